The molecule has 0 bridgehead atoms. The van der Waals surface area contributed by atoms with Crippen molar-refractivity contribution in [3.05, 3.63) is 34.3 Å². The normalized spacial score (nSPS) is 12.7. The molecule has 0 saturated carbocycles. The second-order valence-electron chi connectivity index (χ2n) is 4.85. The van der Waals surface area contributed by atoms with E-state index in [9.17, 15) is 4.79 Å². The van der Waals surface area contributed by atoms with Crippen LogP contribution in [-0.4, -0.2) is 23.7 Å². The largest absolute Gasteiger partial charge is 0.480 e. The van der Waals surface area contributed by atoms with Crippen LogP contribution in [0.15, 0.2) is 28.7 Å². The first-order chi connectivity index (χ1) is 8.49. The van der Waals surface area contributed by atoms with E-state index in [-0.39, 0.29) is 0 Å². The number of benzene rings is 1. The van der Waals surface area contributed by atoms with E-state index in [1.54, 1.807) is 0 Å². The minimum Gasteiger partial charge on any atom is -0.480 e. The maximum absolute atomic E-state index is 11.1. The molecule has 100 valence electrons. The van der Waals surface area contributed by atoms with Gasteiger partial charge in [0.05, 0.1) is 0 Å². The van der Waals surface area contributed by atoms with Gasteiger partial charge in [0.1, 0.15) is 6.04 Å². The Hall–Kier alpha value is -0.870. The van der Waals surface area contributed by atoms with Crippen LogP contribution in [0.2, 0.25) is 0 Å². The standard InChI is InChI=1S/C14H20BrNO2/c1-10(2)9-13(14(17)18)16-8-7-11-3-5-12(15)6-4-11/h3-6,10,13,16H,7-9H2,1-2H3,(H,17,18)/t13-/m0/s1. The van der Waals surface area contributed by atoms with Crippen molar-refractivity contribution in [2.45, 2.75) is 32.7 Å². The predicted molar refractivity (Wildman–Crippen MR) is 76.7 cm³/mol. The Kier molecular flexibility index (Phi) is 6.36. The topological polar surface area (TPSA) is 49.3 Å². The lowest BCUT2D eigenvalue weighted by Gasteiger charge is -2.16. The fourth-order valence-electron chi connectivity index (χ4n) is 1.78. The maximum Gasteiger partial charge on any atom is 0.320 e. The lowest BCUT2D eigenvalue weighted by Crippen LogP contribution is -2.38. The molecule has 0 aliphatic heterocycles. The van der Waals surface area contributed by atoms with Gasteiger partial charge < -0.3 is 10.4 Å². The van der Waals surface area contributed by atoms with E-state index in [1.807, 2.05) is 38.1 Å². The van der Waals surface area contributed by atoms with Gasteiger partial charge in [-0.3, -0.25) is 4.79 Å². The summed E-state index contributed by atoms with van der Waals surface area (Å²) in [5.74, 6) is -0.384. The summed E-state index contributed by atoms with van der Waals surface area (Å²) in [6.45, 7) is 4.75. The molecule has 1 aromatic rings. The SMILES string of the molecule is CC(C)C[C@H](NCCc1ccc(Br)cc1)C(=O)O. The fourth-order valence-corrected chi connectivity index (χ4v) is 2.05. The number of rotatable bonds is 7. The van der Waals surface area contributed by atoms with Crippen molar-refractivity contribution in [2.75, 3.05) is 6.54 Å². The smallest absolute Gasteiger partial charge is 0.320 e. The molecule has 0 aromatic heterocycles. The maximum atomic E-state index is 11.1. The number of aliphatic carboxylic acids is 1. The van der Waals surface area contributed by atoms with Crippen LogP contribution in [0, 0.1) is 5.92 Å². The molecule has 0 spiro atoms. The van der Waals surface area contributed by atoms with Crippen LogP contribution in [0.4, 0.5) is 0 Å². The minimum absolute atomic E-state index is 0.381. The van der Waals surface area contributed by atoms with Crippen LogP contribution in [-0.2, 0) is 11.2 Å². The van der Waals surface area contributed by atoms with Gasteiger partial charge in [-0.1, -0.05) is 41.9 Å². The number of carbonyl (C=O) groups is 1. The Labute approximate surface area is 117 Å². The molecule has 0 aliphatic carbocycles. The van der Waals surface area contributed by atoms with Crippen LogP contribution in [0.5, 0.6) is 0 Å². The average Bonchev–Trinajstić information content (AvgIpc) is 2.29. The summed E-state index contributed by atoms with van der Waals surface area (Å²) >= 11 is 3.39. The van der Waals surface area contributed by atoms with E-state index in [2.05, 4.69) is 21.2 Å². The van der Waals surface area contributed by atoms with E-state index >= 15 is 0 Å². The molecular formula is C14H20BrNO2. The molecule has 1 atom stereocenters. The molecule has 18 heavy (non-hydrogen) atoms. The summed E-state index contributed by atoms with van der Waals surface area (Å²) in [5, 5.41) is 12.2. The zero-order chi connectivity index (χ0) is 13.5. The zero-order valence-electron chi connectivity index (χ0n) is 10.8. The summed E-state index contributed by atoms with van der Waals surface area (Å²) in [4.78, 5) is 11.1. The van der Waals surface area contributed by atoms with Crippen molar-refractivity contribution in [1.29, 1.82) is 0 Å². The van der Waals surface area contributed by atoms with Gasteiger partial charge in [0.15, 0.2) is 0 Å². The highest BCUT2D eigenvalue weighted by Crippen LogP contribution is 2.11. The summed E-state index contributed by atoms with van der Waals surface area (Å²) < 4.78 is 1.06. The molecule has 0 aliphatic rings. The number of halogens is 1. The Morgan fingerprint density at radius 2 is 1.94 bits per heavy atom. The Morgan fingerprint density at radius 1 is 1.33 bits per heavy atom. The number of nitrogens with one attached hydrogen (secondary N) is 1. The molecule has 0 saturated heterocycles. The van der Waals surface area contributed by atoms with E-state index in [0.717, 1.165) is 10.9 Å². The summed E-state index contributed by atoms with van der Waals surface area (Å²) in [6.07, 6.45) is 1.50. The molecule has 1 rings (SSSR count). The lowest BCUT2D eigenvalue weighted by molar-refractivity contribution is -0.139. The Morgan fingerprint density at radius 3 is 2.44 bits per heavy atom. The van der Waals surface area contributed by atoms with Gasteiger partial charge in [0.25, 0.3) is 0 Å². The number of hydrogen-bond donors (Lipinski definition) is 2. The number of carboxylic acid groups (broad SMARTS) is 1. The molecule has 1 aromatic carbocycles. The van der Waals surface area contributed by atoms with Gasteiger partial charge in [-0.15, -0.1) is 0 Å². The van der Waals surface area contributed by atoms with Gasteiger partial charge in [-0.2, -0.15) is 0 Å². The van der Waals surface area contributed by atoms with Gasteiger partial charge in [-0.05, 0) is 43.0 Å². The minimum atomic E-state index is -0.764. The molecule has 3 nitrogen and oxygen atoms in total. The second kappa shape index (κ2) is 7.54. The van der Waals surface area contributed by atoms with Gasteiger partial charge in [-0.25, -0.2) is 0 Å². The highest BCUT2D eigenvalue weighted by atomic mass is 79.9. The number of carboxylic acids is 1. The summed E-state index contributed by atoms with van der Waals surface area (Å²) in [7, 11) is 0. The summed E-state index contributed by atoms with van der Waals surface area (Å²) in [5.41, 5.74) is 1.21. The molecule has 0 fully saturated rings. The van der Waals surface area contributed by atoms with E-state index < -0.39 is 12.0 Å². The first-order valence-electron chi connectivity index (χ1n) is 6.19. The van der Waals surface area contributed by atoms with Crippen LogP contribution in [0.25, 0.3) is 0 Å². The predicted octanol–water partition coefficient (Wildman–Crippen LogP) is 3.08. The van der Waals surface area contributed by atoms with Crippen LogP contribution in [0.1, 0.15) is 25.8 Å². The molecule has 4 heteroatoms. The van der Waals surface area contributed by atoms with Crippen molar-refractivity contribution < 1.29 is 9.90 Å². The van der Waals surface area contributed by atoms with Crippen molar-refractivity contribution >= 4 is 21.9 Å². The van der Waals surface area contributed by atoms with Crippen LogP contribution >= 0.6 is 15.9 Å². The van der Waals surface area contributed by atoms with Crippen molar-refractivity contribution in [3.8, 4) is 0 Å². The lowest BCUT2D eigenvalue weighted by atomic mass is 10.0. The first-order valence-corrected chi connectivity index (χ1v) is 6.99. The Bertz CT molecular complexity index is 376. The van der Waals surface area contributed by atoms with Crippen molar-refractivity contribution in [2.24, 2.45) is 5.92 Å². The van der Waals surface area contributed by atoms with E-state index in [1.165, 1.54) is 5.56 Å². The first kappa shape index (κ1) is 15.2. The second-order valence-corrected chi connectivity index (χ2v) is 5.77. The third kappa shape index (κ3) is 5.65. The van der Waals surface area contributed by atoms with Gasteiger partial charge in [0.2, 0.25) is 0 Å². The van der Waals surface area contributed by atoms with Crippen LogP contribution < -0.4 is 5.32 Å². The van der Waals surface area contributed by atoms with Crippen molar-refractivity contribution in [1.82, 2.24) is 5.32 Å². The molecule has 0 unspecified atom stereocenters. The fraction of sp³-hybridized carbons (Fsp3) is 0.500. The third-order valence-electron chi connectivity index (χ3n) is 2.72. The van der Waals surface area contributed by atoms with Crippen molar-refractivity contribution in [3.63, 3.8) is 0 Å². The van der Waals surface area contributed by atoms with Gasteiger partial charge >= 0.3 is 5.97 Å². The quantitative estimate of drug-likeness (QED) is 0.813. The highest BCUT2D eigenvalue weighted by molar-refractivity contribution is 9.10. The monoisotopic (exact) mass is 313 g/mol. The zero-order valence-corrected chi connectivity index (χ0v) is 12.4. The van der Waals surface area contributed by atoms with E-state index in [0.29, 0.717) is 18.9 Å². The number of hydrogen-bond acceptors (Lipinski definition) is 2. The Balaban J connectivity index is 2.38. The molecule has 0 amide bonds. The summed E-state index contributed by atoms with van der Waals surface area (Å²) in [6, 6.07) is 7.64. The highest BCUT2D eigenvalue weighted by Gasteiger charge is 2.17. The molecule has 0 heterocycles. The van der Waals surface area contributed by atoms with Gasteiger partial charge in [0, 0.05) is 4.47 Å². The molecular weight excluding hydrogens is 294 g/mol. The molecule has 0 radical (unpaired) electrons. The van der Waals surface area contributed by atoms with E-state index in [4.69, 9.17) is 5.11 Å². The molecule has 2 N–H and O–H groups in total. The average molecular weight is 314 g/mol. The van der Waals surface area contributed by atoms with Crippen LogP contribution in [0.3, 0.4) is 0 Å². The third-order valence-corrected chi connectivity index (χ3v) is 3.25.